The van der Waals surface area contributed by atoms with Crippen molar-refractivity contribution in [1.29, 1.82) is 0 Å². The van der Waals surface area contributed by atoms with Crippen molar-refractivity contribution in [3.05, 3.63) is 0 Å². The molecule has 0 aliphatic carbocycles. The SMILES string of the molecule is CC(=O)OC1C2OC(CO[Si](C)(C)C(C)(C)C)C(OC3OC(CO[Si](C)(C)C(C)(C)C)C(OC4OC(CO[Si](C)(C)C(C)(C)C)C(OC5OC(CO[Si](C)(C)C(C)(C)C)C(OC6OC(CO[Si](C)(C)C(C)(C)C)C(OC7OC(CO[Si](C)(C)C(C)(C)C)C(O2)C(OC(C)=O)C7OC(C)=O)C(OC(C)=O)C6OC(C)=O)C(OC(C)=O)C5OC(C)=O)C(OC(C)=O)C4OC(C)=O)C(OC(C)=O)C3OC(C)=O)C1OC(C)=O. The standard InChI is InChI=1S/C96H168O42Si6/c1-49(97)115-73-67-61(43-109-139(31,32)91(13,14)15)127-85(79(73)121-55(7)103)134-68-62(44-110-140(33,34)92(16,17)18)129-87(81(123-57(9)105)74(68)116-50(2)98)136-70-64(46-112-142(37,38)94(22,23)24)131-89(83(125-59(11)107)76(70)118-52(4)100)138-72-66(48-114-144(41,42)96(28,29)30)132-90(84(126-60(12)108)78(72)120-54(6)102)137-71-65(47-113-143(39,40)95(25,26)27)130-88(82(124-58(10)106)77(71)119-53(5)101)135-69-63(45-111-141(35,36)93(19,20)21)128-86(133-67)80(122-56(8)104)75(69)117-51(3)99/h61-90H,43-48H2,1-42H3. The van der Waals surface area contributed by atoms with Crippen LogP contribution in [0.4, 0.5) is 0 Å². The number of esters is 12. The third-order valence-electron chi connectivity index (χ3n) is 29.4. The first-order valence-corrected chi connectivity index (χ1v) is 66.7. The summed E-state index contributed by atoms with van der Waals surface area (Å²) in [4.78, 5) is 174. The summed E-state index contributed by atoms with van der Waals surface area (Å²) in [6.45, 7) is 67.3. The molecule has 0 radical (unpaired) electrons. The van der Waals surface area contributed by atoms with E-state index < -0.39 is 376 Å². The predicted octanol–water partition coefficient (Wildman–Crippen LogP) is 12.0. The first kappa shape index (κ1) is 125. The van der Waals surface area contributed by atoms with E-state index in [1.807, 2.05) is 203 Å². The predicted molar refractivity (Wildman–Crippen MR) is 527 cm³/mol. The highest BCUT2D eigenvalue weighted by Crippen LogP contribution is 2.50. The zero-order valence-electron chi connectivity index (χ0n) is 92.7. The highest BCUT2D eigenvalue weighted by molar-refractivity contribution is 6.76. The van der Waals surface area contributed by atoms with E-state index in [0.717, 1.165) is 83.1 Å². The van der Waals surface area contributed by atoms with Crippen LogP contribution in [0, 0.1) is 0 Å². The van der Waals surface area contributed by atoms with E-state index in [-0.39, 0.29) is 0 Å². The Bertz CT molecular complexity index is 3690. The van der Waals surface area contributed by atoms with Crippen LogP contribution >= 0.6 is 0 Å². The minimum atomic E-state index is -3.10. The molecule has 0 aromatic heterocycles. The Morgan fingerprint density at radius 2 is 0.257 bits per heavy atom. The summed E-state index contributed by atoms with van der Waals surface area (Å²) in [6, 6.07) is 0. The third kappa shape index (κ3) is 32.6. The maximum absolute atomic E-state index is 14.5. The summed E-state index contributed by atoms with van der Waals surface area (Å²) in [6.07, 6.45) is -59.1. The van der Waals surface area contributed by atoms with Crippen LogP contribution in [-0.4, -0.2) is 345 Å². The quantitative estimate of drug-likeness (QED) is 0.0366. The smallest absolute Gasteiger partial charge is 0.303 e. The van der Waals surface area contributed by atoms with Crippen LogP contribution in [0.3, 0.4) is 0 Å². The summed E-state index contributed by atoms with van der Waals surface area (Å²) >= 11 is 0. The van der Waals surface area contributed by atoms with E-state index in [4.69, 9.17) is 140 Å². The van der Waals surface area contributed by atoms with Gasteiger partial charge in [-0.05, 0) is 109 Å². The number of rotatable bonds is 30. The summed E-state index contributed by atoms with van der Waals surface area (Å²) in [5, 5.41) is -3.55. The highest BCUT2D eigenvalue weighted by atomic mass is 28.4. The van der Waals surface area contributed by atoms with Gasteiger partial charge in [0.2, 0.25) is 0 Å². The monoisotopic (exact) mass is 2160 g/mol. The van der Waals surface area contributed by atoms with Crippen molar-refractivity contribution >= 4 is 122 Å². The van der Waals surface area contributed by atoms with Crippen LogP contribution in [0.15, 0.2) is 0 Å². The van der Waals surface area contributed by atoms with Crippen LogP contribution in [0.2, 0.25) is 109 Å². The zero-order chi connectivity index (χ0) is 110. The van der Waals surface area contributed by atoms with Crippen molar-refractivity contribution in [3.8, 4) is 0 Å². The largest absolute Gasteiger partial charge is 0.455 e. The molecule has 0 saturated carbocycles. The van der Waals surface area contributed by atoms with Gasteiger partial charge in [0.25, 0.3) is 0 Å². The Balaban J connectivity index is 1.77. The lowest BCUT2D eigenvalue weighted by atomic mass is 9.94. The van der Waals surface area contributed by atoms with Gasteiger partial charge in [0.05, 0.1) is 39.6 Å². The Hall–Kier alpha value is -5.78. The molecule has 22 aliphatic rings. The van der Waals surface area contributed by atoms with Gasteiger partial charge in [0.1, 0.15) is 73.2 Å². The Morgan fingerprint density at radius 1 is 0.167 bits per heavy atom. The van der Waals surface area contributed by atoms with Crippen LogP contribution < -0.4 is 0 Å². The van der Waals surface area contributed by atoms with Gasteiger partial charge in [0, 0.05) is 83.1 Å². The van der Waals surface area contributed by atoms with Crippen molar-refractivity contribution in [1.82, 2.24) is 0 Å². The molecule has 42 nitrogen and oxygen atoms in total. The normalized spacial score (nSPS) is 32.7. The van der Waals surface area contributed by atoms with Gasteiger partial charge in [-0.25, -0.2) is 0 Å². The number of hydrogen-bond donors (Lipinski definition) is 0. The molecule has 0 N–H and O–H groups in total. The Morgan fingerprint density at radius 3 is 0.340 bits per heavy atom. The second-order valence-electron chi connectivity index (χ2n) is 47.2. The molecule has 30 unspecified atom stereocenters. The maximum Gasteiger partial charge on any atom is 0.303 e. The molecule has 0 spiro atoms. The molecular formula is C96H168O42Si6. The fraction of sp³-hybridized carbons (Fsp3) is 0.875. The molecule has 828 valence electrons. The second-order valence-corrected chi connectivity index (χ2v) is 76.0. The number of hydrogen-bond acceptors (Lipinski definition) is 42. The summed E-state index contributed by atoms with van der Waals surface area (Å²) < 4.78 is 207. The molecule has 22 heterocycles. The van der Waals surface area contributed by atoms with E-state index in [1.54, 1.807) is 0 Å². The first-order chi connectivity index (χ1) is 65.5. The molecule has 22 rings (SSSR count). The molecule has 48 heteroatoms. The lowest BCUT2D eigenvalue weighted by Crippen LogP contribution is -2.71. The molecule has 144 heavy (non-hydrogen) atoms. The van der Waals surface area contributed by atoms with Gasteiger partial charge in [-0.2, -0.15) is 0 Å². The van der Waals surface area contributed by atoms with Crippen molar-refractivity contribution in [3.63, 3.8) is 0 Å². The van der Waals surface area contributed by atoms with Crippen LogP contribution in [0.25, 0.3) is 0 Å². The van der Waals surface area contributed by atoms with Crippen molar-refractivity contribution in [2.75, 3.05) is 39.6 Å². The van der Waals surface area contributed by atoms with Gasteiger partial charge in [-0.1, -0.05) is 125 Å². The minimum absolute atomic E-state index is 0.540. The van der Waals surface area contributed by atoms with Crippen molar-refractivity contribution in [2.24, 2.45) is 0 Å². The lowest BCUT2D eigenvalue weighted by molar-refractivity contribution is -0.403. The third-order valence-corrected chi connectivity index (χ3v) is 56.4. The number of carbonyl (C=O) groups is 12. The lowest BCUT2D eigenvalue weighted by Gasteiger charge is -2.53. The Kier molecular flexibility index (Phi) is 42.5. The van der Waals surface area contributed by atoms with Gasteiger partial charge in [-0.15, -0.1) is 0 Å². The number of ether oxygens (including phenoxy) is 24. The van der Waals surface area contributed by atoms with E-state index in [2.05, 4.69) is 0 Å². The zero-order valence-corrected chi connectivity index (χ0v) is 98.7. The van der Waals surface area contributed by atoms with E-state index in [0.29, 0.717) is 0 Å². The molecule has 30 atom stereocenters. The van der Waals surface area contributed by atoms with Gasteiger partial charge < -0.3 is 140 Å². The fourth-order valence-electron chi connectivity index (χ4n) is 15.5. The molecule has 22 saturated heterocycles. The fourth-order valence-corrected chi connectivity index (χ4v) is 21.6. The van der Waals surface area contributed by atoms with Gasteiger partial charge in [0.15, 0.2) is 161 Å². The molecular weight excluding hydrogens is 1990 g/mol. The van der Waals surface area contributed by atoms with Gasteiger partial charge >= 0.3 is 71.6 Å². The number of carbonyl (C=O) groups excluding carboxylic acids is 12. The second kappa shape index (κ2) is 48.9. The molecule has 12 bridgehead atoms. The van der Waals surface area contributed by atoms with E-state index in [9.17, 15) is 57.5 Å². The molecule has 0 amide bonds. The van der Waals surface area contributed by atoms with Crippen molar-refractivity contribution < 1.29 is 198 Å². The van der Waals surface area contributed by atoms with E-state index >= 15 is 0 Å². The van der Waals surface area contributed by atoms with Gasteiger partial charge in [-0.3, -0.25) is 57.5 Å². The van der Waals surface area contributed by atoms with Crippen LogP contribution in [0.5, 0.6) is 0 Å². The molecule has 0 aromatic carbocycles. The van der Waals surface area contributed by atoms with Crippen LogP contribution in [0.1, 0.15) is 208 Å². The Labute approximate surface area is 855 Å². The highest BCUT2D eigenvalue weighted by Gasteiger charge is 2.67. The topological polar surface area (TPSA) is 482 Å². The van der Waals surface area contributed by atoms with Crippen molar-refractivity contribution in [2.45, 2.75) is 501 Å². The molecule has 22 aliphatic heterocycles. The first-order valence-electron chi connectivity index (χ1n) is 49.3. The van der Waals surface area contributed by atoms with Crippen LogP contribution in [-0.2, 0) is 198 Å². The molecule has 22 fully saturated rings. The average Bonchev–Trinajstić information content (AvgIpc) is 0.747. The molecule has 0 aromatic rings. The minimum Gasteiger partial charge on any atom is -0.455 e. The average molecular weight is 2160 g/mol. The van der Waals surface area contributed by atoms with E-state index in [1.165, 1.54) is 0 Å². The maximum atomic E-state index is 14.5. The summed E-state index contributed by atoms with van der Waals surface area (Å²) in [7, 11) is -18.6. The summed E-state index contributed by atoms with van der Waals surface area (Å²) in [5.74, 6) is -12.7. The summed E-state index contributed by atoms with van der Waals surface area (Å²) in [5.41, 5.74) is 0.